The van der Waals surface area contributed by atoms with E-state index in [1.54, 1.807) is 12.1 Å². The van der Waals surface area contributed by atoms with Crippen LogP contribution in [-0.2, 0) is 6.42 Å². The van der Waals surface area contributed by atoms with Crippen LogP contribution in [0.25, 0.3) is 33.0 Å². The van der Waals surface area contributed by atoms with E-state index in [1.165, 1.54) is 11.6 Å². The smallest absolute Gasteiger partial charge is 0.138 e. The van der Waals surface area contributed by atoms with Gasteiger partial charge in [0.15, 0.2) is 0 Å². The van der Waals surface area contributed by atoms with Crippen molar-refractivity contribution in [3.63, 3.8) is 0 Å². The monoisotopic (exact) mass is 372 g/mol. The van der Waals surface area contributed by atoms with Crippen LogP contribution in [0.2, 0.25) is 0 Å². The van der Waals surface area contributed by atoms with Gasteiger partial charge < -0.3 is 0 Å². The van der Waals surface area contributed by atoms with Crippen molar-refractivity contribution in [2.45, 2.75) is 26.2 Å². The van der Waals surface area contributed by atoms with Gasteiger partial charge in [-0.1, -0.05) is 86.1 Å². The lowest BCUT2D eigenvalue weighted by atomic mass is 9.96. The summed E-state index contributed by atoms with van der Waals surface area (Å²) >= 11 is 0. The molecule has 0 aliphatic heterocycles. The lowest BCUT2D eigenvalue weighted by molar-refractivity contribution is 0.631. The molecule has 0 saturated carbocycles. The molecule has 4 aromatic carbocycles. The van der Waals surface area contributed by atoms with Crippen molar-refractivity contribution in [1.82, 2.24) is 0 Å². The molecule has 28 heavy (non-hydrogen) atoms. The predicted octanol–water partition coefficient (Wildman–Crippen LogP) is 7.79. The van der Waals surface area contributed by atoms with Crippen molar-refractivity contribution in [1.29, 1.82) is 0 Å². The molecule has 4 rings (SSSR count). The lowest BCUT2D eigenvalue weighted by Crippen LogP contribution is -1.90. The molecule has 0 bridgehead atoms. The highest BCUT2D eigenvalue weighted by molar-refractivity contribution is 5.89. The van der Waals surface area contributed by atoms with Gasteiger partial charge in [0.25, 0.3) is 0 Å². The average Bonchev–Trinajstić information content (AvgIpc) is 2.73. The zero-order valence-corrected chi connectivity index (χ0v) is 15.9. The molecule has 0 nitrogen and oxygen atoms in total. The van der Waals surface area contributed by atoms with Gasteiger partial charge in [0.1, 0.15) is 11.6 Å². The first-order valence-electron chi connectivity index (χ1n) is 9.74. The summed E-state index contributed by atoms with van der Waals surface area (Å²) in [6.45, 7) is 2.17. The number of hydrogen-bond donors (Lipinski definition) is 0. The molecule has 140 valence electrons. The summed E-state index contributed by atoms with van der Waals surface area (Å²) in [6, 6.07) is 23.8. The number of fused-ring (bicyclic) bond motifs is 1. The number of aryl methyl sites for hydroxylation is 1. The molecule has 2 heteroatoms. The maximum atomic E-state index is 15.2. The molecule has 4 aromatic rings. The topological polar surface area (TPSA) is 0 Å². The Labute approximate surface area is 164 Å². The van der Waals surface area contributed by atoms with Crippen LogP contribution < -0.4 is 0 Å². The summed E-state index contributed by atoms with van der Waals surface area (Å²) < 4.78 is 29.2. The third kappa shape index (κ3) is 3.55. The van der Waals surface area contributed by atoms with Crippen LogP contribution in [0, 0.1) is 11.6 Å². The molecule has 0 unspecified atom stereocenters. The minimum absolute atomic E-state index is 0.210. The minimum Gasteiger partial charge on any atom is -0.206 e. The standard InChI is InChI=1S/C26H22F2/c1-2-3-6-18-9-15-24-21(17-18)14-16-23(26(24)28)20-12-10-19(11-13-20)22-7-4-5-8-25(22)27/h4-5,7-17H,2-3,6H2,1H3. The van der Waals surface area contributed by atoms with Crippen molar-refractivity contribution in [3.8, 4) is 22.3 Å². The van der Waals surface area contributed by atoms with E-state index < -0.39 is 0 Å². The lowest BCUT2D eigenvalue weighted by Gasteiger charge is -2.10. The fraction of sp³-hybridized carbons (Fsp3) is 0.154. The Morgan fingerprint density at radius 2 is 1.43 bits per heavy atom. The van der Waals surface area contributed by atoms with E-state index in [9.17, 15) is 4.39 Å². The second-order valence-electron chi connectivity index (χ2n) is 7.14. The van der Waals surface area contributed by atoms with Gasteiger partial charge in [-0.15, -0.1) is 0 Å². The van der Waals surface area contributed by atoms with Crippen molar-refractivity contribution >= 4 is 10.8 Å². The molecular formula is C26H22F2. The Hall–Kier alpha value is -3.00. The minimum atomic E-state index is -0.258. The van der Waals surface area contributed by atoms with Gasteiger partial charge >= 0.3 is 0 Å². The highest BCUT2D eigenvalue weighted by Crippen LogP contribution is 2.31. The van der Waals surface area contributed by atoms with Crippen molar-refractivity contribution in [2.24, 2.45) is 0 Å². The number of hydrogen-bond acceptors (Lipinski definition) is 0. The molecule has 0 N–H and O–H groups in total. The summed E-state index contributed by atoms with van der Waals surface area (Å²) in [5.41, 5.74) is 3.93. The van der Waals surface area contributed by atoms with E-state index in [0.29, 0.717) is 16.5 Å². The fourth-order valence-corrected chi connectivity index (χ4v) is 3.63. The normalized spacial score (nSPS) is 11.1. The zero-order chi connectivity index (χ0) is 19.5. The zero-order valence-electron chi connectivity index (χ0n) is 15.9. The third-order valence-corrected chi connectivity index (χ3v) is 5.22. The van der Waals surface area contributed by atoms with Crippen molar-refractivity contribution < 1.29 is 8.78 Å². The van der Waals surface area contributed by atoms with Gasteiger partial charge in [0, 0.05) is 16.5 Å². The highest BCUT2D eigenvalue weighted by atomic mass is 19.1. The SMILES string of the molecule is CCCCc1ccc2c(F)c(-c3ccc(-c4ccccc4F)cc3)ccc2c1. The Morgan fingerprint density at radius 3 is 2.14 bits per heavy atom. The molecule has 0 heterocycles. The van der Waals surface area contributed by atoms with Crippen molar-refractivity contribution in [3.05, 3.63) is 96.1 Å². The summed E-state index contributed by atoms with van der Waals surface area (Å²) in [4.78, 5) is 0. The molecule has 0 aromatic heterocycles. The molecule has 0 aliphatic carbocycles. The number of rotatable bonds is 5. The van der Waals surface area contributed by atoms with Crippen LogP contribution in [0.15, 0.2) is 78.9 Å². The van der Waals surface area contributed by atoms with Gasteiger partial charge in [-0.2, -0.15) is 0 Å². The predicted molar refractivity (Wildman–Crippen MR) is 113 cm³/mol. The summed E-state index contributed by atoms with van der Waals surface area (Å²) in [5.74, 6) is -0.468. The largest absolute Gasteiger partial charge is 0.206 e. The molecule has 0 fully saturated rings. The molecule has 0 saturated heterocycles. The van der Waals surface area contributed by atoms with Gasteiger partial charge in [-0.05, 0) is 41.0 Å². The first-order valence-corrected chi connectivity index (χ1v) is 9.74. The number of halogens is 2. The summed E-state index contributed by atoms with van der Waals surface area (Å²) in [6.07, 6.45) is 3.31. The summed E-state index contributed by atoms with van der Waals surface area (Å²) in [7, 11) is 0. The Morgan fingerprint density at radius 1 is 0.714 bits per heavy atom. The Bertz CT molecular complexity index is 1110. The maximum absolute atomic E-state index is 15.2. The highest BCUT2D eigenvalue weighted by Gasteiger charge is 2.11. The first-order chi connectivity index (χ1) is 13.7. The van der Waals surface area contributed by atoms with E-state index in [4.69, 9.17) is 0 Å². The van der Waals surface area contributed by atoms with Crippen molar-refractivity contribution in [2.75, 3.05) is 0 Å². The van der Waals surface area contributed by atoms with Crippen LogP contribution in [-0.4, -0.2) is 0 Å². The maximum Gasteiger partial charge on any atom is 0.138 e. The molecular weight excluding hydrogens is 350 g/mol. The van der Waals surface area contributed by atoms with Crippen LogP contribution >= 0.6 is 0 Å². The van der Waals surface area contributed by atoms with E-state index >= 15 is 4.39 Å². The molecule has 0 spiro atoms. The Kier molecular flexibility index (Phi) is 5.21. The van der Waals surface area contributed by atoms with E-state index in [0.717, 1.165) is 35.8 Å². The second-order valence-corrected chi connectivity index (χ2v) is 7.14. The van der Waals surface area contributed by atoms with Gasteiger partial charge in [0.2, 0.25) is 0 Å². The van der Waals surface area contributed by atoms with Gasteiger partial charge in [0.05, 0.1) is 0 Å². The van der Waals surface area contributed by atoms with Crippen LogP contribution in [0.1, 0.15) is 25.3 Å². The quantitative estimate of drug-likeness (QED) is 0.335. The van der Waals surface area contributed by atoms with Crippen LogP contribution in [0.5, 0.6) is 0 Å². The molecule has 0 amide bonds. The van der Waals surface area contributed by atoms with Gasteiger partial charge in [-0.3, -0.25) is 0 Å². The number of benzene rings is 4. The summed E-state index contributed by atoms with van der Waals surface area (Å²) in [5, 5.41) is 1.56. The first kappa shape index (κ1) is 18.4. The average molecular weight is 372 g/mol. The molecule has 0 atom stereocenters. The third-order valence-electron chi connectivity index (χ3n) is 5.22. The van der Waals surface area contributed by atoms with Gasteiger partial charge in [-0.25, -0.2) is 8.78 Å². The van der Waals surface area contributed by atoms with E-state index in [-0.39, 0.29) is 11.6 Å². The molecule has 0 aliphatic rings. The van der Waals surface area contributed by atoms with Crippen LogP contribution in [0.3, 0.4) is 0 Å². The number of unbranched alkanes of at least 4 members (excludes halogenated alkanes) is 1. The van der Waals surface area contributed by atoms with Crippen LogP contribution in [0.4, 0.5) is 8.78 Å². The second kappa shape index (κ2) is 7.93. The Balaban J connectivity index is 1.69. The van der Waals surface area contributed by atoms with E-state index in [2.05, 4.69) is 13.0 Å². The molecule has 0 radical (unpaired) electrons. The van der Waals surface area contributed by atoms with E-state index in [1.807, 2.05) is 54.6 Å². The fourth-order valence-electron chi connectivity index (χ4n) is 3.63.